The molecule has 6 heteroatoms. The lowest BCUT2D eigenvalue weighted by Gasteiger charge is -2.11. The molecule has 0 aromatic carbocycles. The van der Waals surface area contributed by atoms with Crippen LogP contribution in [0.5, 0.6) is 0 Å². The van der Waals surface area contributed by atoms with E-state index in [-0.39, 0.29) is 12.8 Å². The van der Waals surface area contributed by atoms with Gasteiger partial charge in [0.15, 0.2) is 0 Å². The summed E-state index contributed by atoms with van der Waals surface area (Å²) < 4.78 is 0. The molecule has 0 bridgehead atoms. The maximum absolute atomic E-state index is 11.6. The van der Waals surface area contributed by atoms with E-state index in [2.05, 4.69) is 12.2 Å². The molecule has 0 aliphatic rings. The minimum atomic E-state index is -1.22. The highest BCUT2D eigenvalue weighted by Gasteiger charge is 2.19. The highest BCUT2D eigenvalue weighted by atomic mass is 16.4. The van der Waals surface area contributed by atoms with E-state index in [4.69, 9.17) is 10.2 Å². The summed E-state index contributed by atoms with van der Waals surface area (Å²) in [5.41, 5.74) is 0. The largest absolute Gasteiger partial charge is 0.481 e. The highest BCUT2D eigenvalue weighted by Crippen LogP contribution is 2.07. The molecule has 0 saturated heterocycles. The van der Waals surface area contributed by atoms with Crippen LogP contribution in [-0.2, 0) is 14.4 Å². The Morgan fingerprint density at radius 3 is 2.27 bits per heavy atom. The zero-order chi connectivity index (χ0) is 16.8. The van der Waals surface area contributed by atoms with Crippen molar-refractivity contribution in [1.29, 1.82) is 0 Å². The van der Waals surface area contributed by atoms with Crippen molar-refractivity contribution in [3.63, 3.8) is 0 Å². The summed E-state index contributed by atoms with van der Waals surface area (Å²) >= 11 is 0. The van der Waals surface area contributed by atoms with Crippen molar-refractivity contribution in [2.75, 3.05) is 0 Å². The van der Waals surface area contributed by atoms with Crippen LogP contribution in [0, 0.1) is 0 Å². The van der Waals surface area contributed by atoms with Gasteiger partial charge in [-0.05, 0) is 25.3 Å². The van der Waals surface area contributed by atoms with Crippen molar-refractivity contribution in [2.24, 2.45) is 0 Å². The molecule has 0 aromatic rings. The number of unbranched alkanes of at least 4 members (excludes halogenated alkanes) is 6. The molecular formula is C16H27NO5. The number of carboxylic acid groups (broad SMARTS) is 2. The van der Waals surface area contributed by atoms with Gasteiger partial charge in [0, 0.05) is 6.42 Å². The van der Waals surface area contributed by atoms with Crippen LogP contribution in [0.3, 0.4) is 0 Å². The predicted octanol–water partition coefficient (Wildman–Crippen LogP) is 2.73. The topological polar surface area (TPSA) is 104 Å². The smallest absolute Gasteiger partial charge is 0.326 e. The number of hydrogen-bond acceptors (Lipinski definition) is 3. The standard InChI is InChI=1S/C16H27NO5/c1-2-3-4-5-6-7-8-9-10-14(18)17-13(16(21)22)11-12-15(19)20/h9-10,13H,2-8,11-12H2,1H3,(H,17,18)(H,19,20)(H,21,22)/t13-/m0/s1. The molecule has 0 aliphatic heterocycles. The van der Waals surface area contributed by atoms with Crippen molar-refractivity contribution < 1.29 is 24.6 Å². The van der Waals surface area contributed by atoms with E-state index in [1.54, 1.807) is 6.08 Å². The third kappa shape index (κ3) is 11.9. The van der Waals surface area contributed by atoms with Crippen LogP contribution >= 0.6 is 0 Å². The van der Waals surface area contributed by atoms with Crippen LogP contribution in [0.4, 0.5) is 0 Å². The minimum absolute atomic E-state index is 0.123. The van der Waals surface area contributed by atoms with Crippen molar-refractivity contribution in [3.8, 4) is 0 Å². The number of allylic oxidation sites excluding steroid dienone is 1. The molecule has 0 radical (unpaired) electrons. The Morgan fingerprint density at radius 1 is 1.05 bits per heavy atom. The Balaban J connectivity index is 3.90. The van der Waals surface area contributed by atoms with E-state index in [0.717, 1.165) is 19.3 Å². The Morgan fingerprint density at radius 2 is 1.68 bits per heavy atom. The lowest BCUT2D eigenvalue weighted by Crippen LogP contribution is -2.40. The Kier molecular flexibility index (Phi) is 11.8. The van der Waals surface area contributed by atoms with Gasteiger partial charge in [-0.25, -0.2) is 4.79 Å². The zero-order valence-corrected chi connectivity index (χ0v) is 13.2. The first-order valence-corrected chi connectivity index (χ1v) is 7.89. The molecule has 1 amide bonds. The SMILES string of the molecule is CCCCCCCCC=CC(=O)N[C@@H](CCC(=O)O)C(=O)O. The van der Waals surface area contributed by atoms with Crippen molar-refractivity contribution in [1.82, 2.24) is 5.32 Å². The zero-order valence-electron chi connectivity index (χ0n) is 13.2. The summed E-state index contributed by atoms with van der Waals surface area (Å²) in [4.78, 5) is 32.9. The van der Waals surface area contributed by atoms with E-state index in [0.29, 0.717) is 0 Å². The number of carbonyl (C=O) groups excluding carboxylic acids is 1. The van der Waals surface area contributed by atoms with Gasteiger partial charge >= 0.3 is 11.9 Å². The van der Waals surface area contributed by atoms with Crippen LogP contribution in [-0.4, -0.2) is 34.1 Å². The van der Waals surface area contributed by atoms with Crippen molar-refractivity contribution in [3.05, 3.63) is 12.2 Å². The summed E-state index contributed by atoms with van der Waals surface area (Å²) in [5, 5.41) is 19.8. The van der Waals surface area contributed by atoms with Crippen molar-refractivity contribution >= 4 is 17.8 Å². The lowest BCUT2D eigenvalue weighted by molar-refractivity contribution is -0.142. The lowest BCUT2D eigenvalue weighted by atomic mass is 10.1. The number of rotatable bonds is 13. The van der Waals surface area contributed by atoms with Crippen LogP contribution in [0.15, 0.2) is 12.2 Å². The van der Waals surface area contributed by atoms with Gasteiger partial charge in [0.2, 0.25) is 5.91 Å². The van der Waals surface area contributed by atoms with Crippen LogP contribution in [0.2, 0.25) is 0 Å². The Bertz CT molecular complexity index is 379. The van der Waals surface area contributed by atoms with Crippen LogP contribution < -0.4 is 5.32 Å². The van der Waals surface area contributed by atoms with Gasteiger partial charge in [0.1, 0.15) is 6.04 Å². The molecule has 126 valence electrons. The van der Waals surface area contributed by atoms with Gasteiger partial charge in [-0.3, -0.25) is 9.59 Å². The second kappa shape index (κ2) is 12.9. The molecule has 0 rings (SSSR count). The third-order valence-electron chi connectivity index (χ3n) is 3.26. The molecule has 3 N–H and O–H groups in total. The number of amides is 1. The number of carboxylic acids is 2. The first-order valence-electron chi connectivity index (χ1n) is 7.89. The molecule has 1 atom stereocenters. The normalized spacial score (nSPS) is 12.2. The molecule has 0 unspecified atom stereocenters. The number of nitrogens with one attached hydrogen (secondary N) is 1. The fourth-order valence-electron chi connectivity index (χ4n) is 1.98. The predicted molar refractivity (Wildman–Crippen MR) is 83.6 cm³/mol. The summed E-state index contributed by atoms with van der Waals surface area (Å²) in [7, 11) is 0. The van der Waals surface area contributed by atoms with E-state index in [1.165, 1.54) is 31.8 Å². The number of aliphatic carboxylic acids is 2. The van der Waals surface area contributed by atoms with Crippen molar-refractivity contribution in [2.45, 2.75) is 70.8 Å². The molecular weight excluding hydrogens is 286 g/mol. The molecule has 0 saturated carbocycles. The summed E-state index contributed by atoms with van der Waals surface area (Å²) in [6.07, 6.45) is 10.5. The molecule has 0 heterocycles. The molecule has 0 fully saturated rings. The van der Waals surface area contributed by atoms with Gasteiger partial charge in [0.25, 0.3) is 0 Å². The summed E-state index contributed by atoms with van der Waals surface area (Å²) in [6.45, 7) is 2.17. The van der Waals surface area contributed by atoms with E-state index < -0.39 is 23.9 Å². The number of hydrogen-bond donors (Lipinski definition) is 3. The van der Waals surface area contributed by atoms with Crippen LogP contribution in [0.1, 0.15) is 64.7 Å². The number of carbonyl (C=O) groups is 3. The molecule has 6 nitrogen and oxygen atoms in total. The molecule has 0 aromatic heterocycles. The highest BCUT2D eigenvalue weighted by molar-refractivity contribution is 5.91. The fraction of sp³-hybridized carbons (Fsp3) is 0.688. The first kappa shape index (κ1) is 20.1. The summed E-state index contributed by atoms with van der Waals surface area (Å²) in [6, 6.07) is -1.16. The summed E-state index contributed by atoms with van der Waals surface area (Å²) in [5.74, 6) is -2.80. The molecule has 22 heavy (non-hydrogen) atoms. The van der Waals surface area contributed by atoms with Gasteiger partial charge < -0.3 is 15.5 Å². The quantitative estimate of drug-likeness (QED) is 0.358. The minimum Gasteiger partial charge on any atom is -0.481 e. The Labute approximate surface area is 131 Å². The van der Waals surface area contributed by atoms with Gasteiger partial charge in [-0.2, -0.15) is 0 Å². The average molecular weight is 313 g/mol. The second-order valence-corrected chi connectivity index (χ2v) is 5.29. The Hall–Kier alpha value is -1.85. The third-order valence-corrected chi connectivity index (χ3v) is 3.26. The fourth-order valence-corrected chi connectivity index (χ4v) is 1.98. The molecule has 0 spiro atoms. The van der Waals surface area contributed by atoms with E-state index in [1.807, 2.05) is 0 Å². The monoisotopic (exact) mass is 313 g/mol. The van der Waals surface area contributed by atoms with Gasteiger partial charge in [0.05, 0.1) is 0 Å². The van der Waals surface area contributed by atoms with Crippen LogP contribution in [0.25, 0.3) is 0 Å². The van der Waals surface area contributed by atoms with Gasteiger partial charge in [-0.15, -0.1) is 0 Å². The second-order valence-electron chi connectivity index (χ2n) is 5.29. The van der Waals surface area contributed by atoms with E-state index in [9.17, 15) is 14.4 Å². The maximum atomic E-state index is 11.6. The van der Waals surface area contributed by atoms with Gasteiger partial charge in [-0.1, -0.05) is 45.1 Å². The average Bonchev–Trinajstić information content (AvgIpc) is 2.45. The first-order chi connectivity index (χ1) is 10.5. The maximum Gasteiger partial charge on any atom is 0.326 e. The van der Waals surface area contributed by atoms with E-state index >= 15 is 0 Å². The molecule has 0 aliphatic carbocycles.